The minimum absolute atomic E-state index is 0.224. The van der Waals surface area contributed by atoms with Crippen LogP contribution < -0.4 is 0 Å². The number of benzene rings is 1. The molecule has 84 valence electrons. The molecular weight excluding hydrogens is 212 g/mol. The van der Waals surface area contributed by atoms with Gasteiger partial charge in [-0.2, -0.15) is 0 Å². The minimum atomic E-state index is -3.14. The zero-order valence-electron chi connectivity index (χ0n) is 8.97. The topological polar surface area (TPSA) is 54.4 Å². The van der Waals surface area contributed by atoms with Crippen LogP contribution in [0.1, 0.15) is 24.2 Å². The molecule has 0 radical (unpaired) electrons. The molecule has 0 aromatic heterocycles. The Morgan fingerprint density at radius 3 is 2.20 bits per heavy atom. The second-order valence-electron chi connectivity index (χ2n) is 3.70. The molecule has 1 N–H and O–H groups in total. The highest BCUT2D eigenvalue weighted by molar-refractivity contribution is 7.90. The fraction of sp³-hybridized carbons (Fsp3) is 0.455. The molecule has 3 nitrogen and oxygen atoms in total. The Balaban J connectivity index is 2.78. The Labute approximate surface area is 90.7 Å². The van der Waals surface area contributed by atoms with Gasteiger partial charge in [0.25, 0.3) is 0 Å². The van der Waals surface area contributed by atoms with Crippen molar-refractivity contribution >= 4 is 9.84 Å². The maximum absolute atomic E-state index is 11.0. The number of aliphatic hydroxyl groups is 1. The van der Waals surface area contributed by atoms with Crippen molar-refractivity contribution in [3.8, 4) is 0 Å². The Morgan fingerprint density at radius 1 is 1.27 bits per heavy atom. The largest absolute Gasteiger partial charge is 0.387 e. The van der Waals surface area contributed by atoms with E-state index in [1.165, 1.54) is 5.56 Å². The number of hydrogen-bond donors (Lipinski definition) is 1. The second-order valence-corrected chi connectivity index (χ2v) is 5.89. The van der Waals surface area contributed by atoms with Gasteiger partial charge in [-0.1, -0.05) is 31.2 Å². The Kier molecular flexibility index (Phi) is 3.88. The fourth-order valence-electron chi connectivity index (χ4n) is 1.36. The van der Waals surface area contributed by atoms with Crippen molar-refractivity contribution in [3.05, 3.63) is 35.4 Å². The third kappa shape index (κ3) is 4.01. The predicted molar refractivity (Wildman–Crippen MR) is 60.5 cm³/mol. The zero-order valence-corrected chi connectivity index (χ0v) is 9.79. The van der Waals surface area contributed by atoms with E-state index in [1.54, 1.807) is 12.1 Å². The lowest BCUT2D eigenvalue weighted by atomic mass is 10.1. The molecule has 0 aliphatic rings. The zero-order chi connectivity index (χ0) is 11.5. The number of hydrogen-bond acceptors (Lipinski definition) is 3. The molecular formula is C11H16O3S. The van der Waals surface area contributed by atoms with Crippen molar-refractivity contribution in [1.29, 1.82) is 0 Å². The normalized spacial score (nSPS) is 13.8. The first-order valence-corrected chi connectivity index (χ1v) is 6.93. The number of rotatable bonds is 4. The van der Waals surface area contributed by atoms with Gasteiger partial charge >= 0.3 is 0 Å². The SMILES string of the molecule is CCc1ccc(C(O)CS(C)(=O)=O)cc1. The molecule has 1 rings (SSSR count). The monoisotopic (exact) mass is 228 g/mol. The smallest absolute Gasteiger partial charge is 0.150 e. The highest BCUT2D eigenvalue weighted by Crippen LogP contribution is 2.15. The molecule has 4 heteroatoms. The molecule has 0 fully saturated rings. The molecule has 0 saturated heterocycles. The van der Waals surface area contributed by atoms with Gasteiger partial charge in [0.1, 0.15) is 9.84 Å². The van der Waals surface area contributed by atoms with Gasteiger partial charge in [-0.05, 0) is 17.5 Å². The fourth-order valence-corrected chi connectivity index (χ4v) is 2.12. The van der Waals surface area contributed by atoms with Crippen LogP contribution in [-0.2, 0) is 16.3 Å². The van der Waals surface area contributed by atoms with E-state index in [0.29, 0.717) is 5.56 Å². The van der Waals surface area contributed by atoms with Gasteiger partial charge in [0.15, 0.2) is 0 Å². The molecule has 15 heavy (non-hydrogen) atoms. The van der Waals surface area contributed by atoms with Gasteiger partial charge in [0.05, 0.1) is 11.9 Å². The first-order chi connectivity index (χ1) is 6.92. The van der Waals surface area contributed by atoms with Crippen LogP contribution in [0.2, 0.25) is 0 Å². The van der Waals surface area contributed by atoms with E-state index < -0.39 is 15.9 Å². The summed E-state index contributed by atoms with van der Waals surface area (Å²) in [5, 5.41) is 9.64. The quantitative estimate of drug-likeness (QED) is 0.845. The van der Waals surface area contributed by atoms with Crippen molar-refractivity contribution in [2.24, 2.45) is 0 Å². The number of sulfone groups is 1. The third-order valence-corrected chi connectivity index (χ3v) is 3.15. The molecule has 0 bridgehead atoms. The van der Waals surface area contributed by atoms with Crippen molar-refractivity contribution in [2.45, 2.75) is 19.4 Å². The van der Waals surface area contributed by atoms with Gasteiger partial charge in [-0.3, -0.25) is 0 Å². The molecule has 0 aliphatic heterocycles. The maximum Gasteiger partial charge on any atom is 0.150 e. The van der Waals surface area contributed by atoms with Crippen LogP contribution in [0.15, 0.2) is 24.3 Å². The Bertz CT molecular complexity index is 406. The van der Waals surface area contributed by atoms with E-state index in [0.717, 1.165) is 12.7 Å². The van der Waals surface area contributed by atoms with E-state index >= 15 is 0 Å². The molecule has 1 unspecified atom stereocenters. The van der Waals surface area contributed by atoms with Gasteiger partial charge < -0.3 is 5.11 Å². The lowest BCUT2D eigenvalue weighted by Crippen LogP contribution is -2.12. The van der Waals surface area contributed by atoms with Gasteiger partial charge in [-0.15, -0.1) is 0 Å². The van der Waals surface area contributed by atoms with Crippen LogP contribution in [0, 0.1) is 0 Å². The molecule has 1 aromatic rings. The van der Waals surface area contributed by atoms with Crippen LogP contribution in [0.25, 0.3) is 0 Å². The van der Waals surface area contributed by atoms with Gasteiger partial charge in [0, 0.05) is 6.26 Å². The lowest BCUT2D eigenvalue weighted by molar-refractivity contribution is 0.202. The summed E-state index contributed by atoms with van der Waals surface area (Å²) in [6.07, 6.45) is 1.13. The molecule has 0 amide bonds. The van der Waals surface area contributed by atoms with Crippen LogP contribution in [-0.4, -0.2) is 25.5 Å². The van der Waals surface area contributed by atoms with E-state index in [4.69, 9.17) is 0 Å². The summed E-state index contributed by atoms with van der Waals surface area (Å²) in [6.45, 7) is 2.04. The first-order valence-electron chi connectivity index (χ1n) is 4.87. The summed E-state index contributed by atoms with van der Waals surface area (Å²) in [7, 11) is -3.14. The van der Waals surface area contributed by atoms with Gasteiger partial charge in [0.2, 0.25) is 0 Å². The maximum atomic E-state index is 11.0. The Morgan fingerprint density at radius 2 is 1.80 bits per heavy atom. The highest BCUT2D eigenvalue weighted by Gasteiger charge is 2.13. The van der Waals surface area contributed by atoms with E-state index in [2.05, 4.69) is 0 Å². The molecule has 0 saturated carbocycles. The molecule has 0 heterocycles. The van der Waals surface area contributed by atoms with Crippen LogP contribution in [0.3, 0.4) is 0 Å². The first kappa shape index (κ1) is 12.2. The molecule has 0 spiro atoms. The minimum Gasteiger partial charge on any atom is -0.387 e. The summed E-state index contributed by atoms with van der Waals surface area (Å²) in [5.74, 6) is -0.224. The average Bonchev–Trinajstić information content (AvgIpc) is 2.15. The summed E-state index contributed by atoms with van der Waals surface area (Å²) < 4.78 is 22.0. The lowest BCUT2D eigenvalue weighted by Gasteiger charge is -2.09. The van der Waals surface area contributed by atoms with Crippen molar-refractivity contribution in [3.63, 3.8) is 0 Å². The van der Waals surface area contributed by atoms with Gasteiger partial charge in [-0.25, -0.2) is 8.42 Å². The highest BCUT2D eigenvalue weighted by atomic mass is 32.2. The molecule has 0 aliphatic carbocycles. The van der Waals surface area contributed by atoms with Crippen LogP contribution >= 0.6 is 0 Å². The van der Waals surface area contributed by atoms with Crippen molar-refractivity contribution in [1.82, 2.24) is 0 Å². The van der Waals surface area contributed by atoms with Crippen molar-refractivity contribution < 1.29 is 13.5 Å². The summed E-state index contributed by atoms with van der Waals surface area (Å²) in [4.78, 5) is 0. The Hall–Kier alpha value is -0.870. The van der Waals surface area contributed by atoms with E-state index in [9.17, 15) is 13.5 Å². The summed E-state index contributed by atoms with van der Waals surface area (Å²) in [6, 6.07) is 7.35. The molecule has 1 atom stereocenters. The summed E-state index contributed by atoms with van der Waals surface area (Å²) in [5.41, 5.74) is 1.82. The second kappa shape index (κ2) is 4.77. The third-order valence-electron chi connectivity index (χ3n) is 2.23. The van der Waals surface area contributed by atoms with Crippen molar-refractivity contribution in [2.75, 3.05) is 12.0 Å². The van der Waals surface area contributed by atoms with E-state index in [-0.39, 0.29) is 5.75 Å². The van der Waals surface area contributed by atoms with Crippen LogP contribution in [0.5, 0.6) is 0 Å². The number of aryl methyl sites for hydroxylation is 1. The number of aliphatic hydroxyl groups excluding tert-OH is 1. The summed E-state index contributed by atoms with van der Waals surface area (Å²) >= 11 is 0. The predicted octanol–water partition coefficient (Wildman–Crippen LogP) is 1.33. The van der Waals surface area contributed by atoms with Crippen LogP contribution in [0.4, 0.5) is 0 Å². The van der Waals surface area contributed by atoms with E-state index in [1.807, 2.05) is 19.1 Å². The molecule has 1 aromatic carbocycles. The standard InChI is InChI=1S/C11H16O3S/c1-3-9-4-6-10(7-5-9)11(12)8-15(2,13)14/h4-7,11-12H,3,8H2,1-2H3. The average molecular weight is 228 g/mol.